The molecule has 0 saturated carbocycles. The number of aromatic amines is 1. The summed E-state index contributed by atoms with van der Waals surface area (Å²) in [5.41, 5.74) is 8.55. The molecular formula is C15H20N4O. The highest BCUT2D eigenvalue weighted by Gasteiger charge is 2.09. The highest BCUT2D eigenvalue weighted by atomic mass is 16.1. The molecule has 0 bridgehead atoms. The van der Waals surface area contributed by atoms with Gasteiger partial charge >= 0.3 is 0 Å². The maximum absolute atomic E-state index is 11.9. The molecule has 106 valence electrons. The van der Waals surface area contributed by atoms with Crippen LogP contribution in [0.25, 0.3) is 11.3 Å². The predicted octanol–water partition coefficient (Wildman–Crippen LogP) is 2.53. The molecule has 4 N–H and O–H groups in total. The fourth-order valence-electron chi connectivity index (χ4n) is 2.10. The molecule has 20 heavy (non-hydrogen) atoms. The molecule has 0 radical (unpaired) electrons. The smallest absolute Gasteiger partial charge is 0.225 e. The van der Waals surface area contributed by atoms with Crippen molar-refractivity contribution >= 4 is 11.6 Å². The van der Waals surface area contributed by atoms with E-state index in [0.717, 1.165) is 29.8 Å². The Balaban J connectivity index is 1.99. The largest absolute Gasteiger partial charge is 0.327 e. The van der Waals surface area contributed by atoms with E-state index in [4.69, 9.17) is 5.73 Å². The van der Waals surface area contributed by atoms with Crippen LogP contribution >= 0.6 is 0 Å². The zero-order valence-corrected chi connectivity index (χ0v) is 11.6. The van der Waals surface area contributed by atoms with E-state index in [-0.39, 0.29) is 11.9 Å². The van der Waals surface area contributed by atoms with Crippen LogP contribution in [0.5, 0.6) is 0 Å². The van der Waals surface area contributed by atoms with E-state index < -0.39 is 0 Å². The van der Waals surface area contributed by atoms with Crippen molar-refractivity contribution < 1.29 is 4.79 Å². The van der Waals surface area contributed by atoms with E-state index in [1.54, 1.807) is 6.20 Å². The number of carbonyl (C=O) groups is 1. The topological polar surface area (TPSA) is 83.8 Å². The summed E-state index contributed by atoms with van der Waals surface area (Å²) in [5.74, 6) is -0.0484. The molecule has 2 aromatic rings. The third-order valence-corrected chi connectivity index (χ3v) is 3.07. The molecule has 0 aliphatic heterocycles. The van der Waals surface area contributed by atoms with Gasteiger partial charge in [-0.2, -0.15) is 5.10 Å². The van der Waals surface area contributed by atoms with Crippen LogP contribution in [-0.4, -0.2) is 22.1 Å². The Bertz CT molecular complexity index is 551. The third-order valence-electron chi connectivity index (χ3n) is 3.07. The molecule has 1 atom stereocenters. The van der Waals surface area contributed by atoms with Crippen LogP contribution in [0.3, 0.4) is 0 Å². The number of hydrogen-bond acceptors (Lipinski definition) is 3. The van der Waals surface area contributed by atoms with Crippen LogP contribution in [0.15, 0.2) is 36.5 Å². The summed E-state index contributed by atoms with van der Waals surface area (Å²) in [7, 11) is 0. The Morgan fingerprint density at radius 1 is 1.45 bits per heavy atom. The third kappa shape index (κ3) is 3.93. The average Bonchev–Trinajstić information content (AvgIpc) is 2.92. The minimum atomic E-state index is -0.0733. The van der Waals surface area contributed by atoms with Crippen molar-refractivity contribution in [1.82, 2.24) is 10.2 Å². The van der Waals surface area contributed by atoms with Crippen molar-refractivity contribution in [3.05, 3.63) is 36.5 Å². The zero-order valence-electron chi connectivity index (χ0n) is 11.6. The summed E-state index contributed by atoms with van der Waals surface area (Å²) >= 11 is 0. The van der Waals surface area contributed by atoms with Gasteiger partial charge in [0.05, 0.1) is 5.69 Å². The Labute approximate surface area is 118 Å². The summed E-state index contributed by atoms with van der Waals surface area (Å²) in [6, 6.07) is 9.46. The van der Waals surface area contributed by atoms with E-state index in [1.165, 1.54) is 0 Å². The highest BCUT2D eigenvalue weighted by molar-refractivity contribution is 5.91. The second-order valence-electron chi connectivity index (χ2n) is 4.85. The number of aromatic nitrogens is 2. The molecule has 0 aliphatic carbocycles. The number of rotatable bonds is 6. The van der Waals surface area contributed by atoms with Gasteiger partial charge in [0, 0.05) is 29.9 Å². The summed E-state index contributed by atoms with van der Waals surface area (Å²) in [4.78, 5) is 11.9. The SMILES string of the molecule is CCCC(N)CC(=O)Nc1cccc(-c2ccn[nH]2)c1. The first-order valence-corrected chi connectivity index (χ1v) is 6.84. The standard InChI is InChI=1S/C15H20N4O/c1-2-4-12(16)10-15(20)18-13-6-3-5-11(9-13)14-7-8-17-19-14/h3,5-9,12H,2,4,10,16H2,1H3,(H,17,19)(H,18,20). The van der Waals surface area contributed by atoms with Crippen molar-refractivity contribution in [3.8, 4) is 11.3 Å². The summed E-state index contributed by atoms with van der Waals surface area (Å²) < 4.78 is 0. The average molecular weight is 272 g/mol. The van der Waals surface area contributed by atoms with Crippen LogP contribution in [0.1, 0.15) is 26.2 Å². The van der Waals surface area contributed by atoms with Crippen molar-refractivity contribution in [2.24, 2.45) is 5.73 Å². The quantitative estimate of drug-likeness (QED) is 0.755. The van der Waals surface area contributed by atoms with E-state index in [9.17, 15) is 4.79 Å². The molecule has 1 heterocycles. The number of hydrogen-bond donors (Lipinski definition) is 3. The maximum atomic E-state index is 11.9. The van der Waals surface area contributed by atoms with Gasteiger partial charge in [0.2, 0.25) is 5.91 Å². The first-order valence-electron chi connectivity index (χ1n) is 6.84. The van der Waals surface area contributed by atoms with Crippen LogP contribution in [0.2, 0.25) is 0 Å². The fraction of sp³-hybridized carbons (Fsp3) is 0.333. The summed E-state index contributed by atoms with van der Waals surface area (Å²) in [6.45, 7) is 2.06. The van der Waals surface area contributed by atoms with Gasteiger partial charge in [-0.05, 0) is 24.6 Å². The van der Waals surface area contributed by atoms with E-state index >= 15 is 0 Å². The second kappa shape index (κ2) is 6.86. The number of H-pyrrole nitrogens is 1. The predicted molar refractivity (Wildman–Crippen MR) is 80.2 cm³/mol. The van der Waals surface area contributed by atoms with Gasteiger partial charge in [-0.1, -0.05) is 25.5 Å². The van der Waals surface area contributed by atoms with Gasteiger partial charge in [0.1, 0.15) is 0 Å². The Morgan fingerprint density at radius 2 is 2.30 bits per heavy atom. The van der Waals surface area contributed by atoms with Crippen molar-refractivity contribution in [3.63, 3.8) is 0 Å². The van der Waals surface area contributed by atoms with Gasteiger partial charge in [0.25, 0.3) is 0 Å². The normalized spacial score (nSPS) is 12.1. The minimum Gasteiger partial charge on any atom is -0.327 e. The molecule has 0 spiro atoms. The Hall–Kier alpha value is -2.14. The lowest BCUT2D eigenvalue weighted by molar-refractivity contribution is -0.116. The number of nitrogens with one attached hydrogen (secondary N) is 2. The van der Waals surface area contributed by atoms with Crippen molar-refractivity contribution in [2.45, 2.75) is 32.2 Å². The van der Waals surface area contributed by atoms with Crippen molar-refractivity contribution in [2.75, 3.05) is 5.32 Å². The lowest BCUT2D eigenvalue weighted by atomic mass is 10.1. The summed E-state index contributed by atoms with van der Waals surface area (Å²) in [5, 5.41) is 9.70. The summed E-state index contributed by atoms with van der Waals surface area (Å²) in [6.07, 6.45) is 3.90. The van der Waals surface area contributed by atoms with E-state index in [0.29, 0.717) is 6.42 Å². The molecule has 1 amide bonds. The molecule has 0 fully saturated rings. The number of anilines is 1. The monoisotopic (exact) mass is 272 g/mol. The Kier molecular flexibility index (Phi) is 4.90. The molecule has 5 nitrogen and oxygen atoms in total. The molecule has 0 saturated heterocycles. The van der Waals surface area contributed by atoms with Crippen LogP contribution in [0, 0.1) is 0 Å². The lowest BCUT2D eigenvalue weighted by Crippen LogP contribution is -2.26. The Morgan fingerprint density at radius 3 is 3.00 bits per heavy atom. The van der Waals surface area contributed by atoms with Crippen LogP contribution in [0.4, 0.5) is 5.69 Å². The minimum absolute atomic E-state index is 0.0484. The van der Waals surface area contributed by atoms with E-state index in [2.05, 4.69) is 22.4 Å². The number of benzene rings is 1. The second-order valence-corrected chi connectivity index (χ2v) is 4.85. The number of nitrogens with zero attached hydrogens (tertiary/aromatic N) is 1. The first kappa shape index (κ1) is 14.3. The van der Waals surface area contributed by atoms with E-state index in [1.807, 2.05) is 30.3 Å². The molecule has 1 aromatic carbocycles. The van der Waals surface area contributed by atoms with Gasteiger partial charge in [-0.25, -0.2) is 0 Å². The molecule has 5 heteroatoms. The molecular weight excluding hydrogens is 252 g/mol. The van der Waals surface area contributed by atoms with Gasteiger partial charge in [0.15, 0.2) is 0 Å². The maximum Gasteiger partial charge on any atom is 0.225 e. The number of amides is 1. The molecule has 1 unspecified atom stereocenters. The molecule has 2 rings (SSSR count). The van der Waals surface area contributed by atoms with Crippen LogP contribution in [-0.2, 0) is 4.79 Å². The molecule has 0 aliphatic rings. The van der Waals surface area contributed by atoms with Gasteiger partial charge in [-0.3, -0.25) is 9.89 Å². The number of carbonyl (C=O) groups excluding carboxylic acids is 1. The van der Waals surface area contributed by atoms with Crippen LogP contribution < -0.4 is 11.1 Å². The van der Waals surface area contributed by atoms with Crippen molar-refractivity contribution in [1.29, 1.82) is 0 Å². The number of nitrogens with two attached hydrogens (primary N) is 1. The van der Waals surface area contributed by atoms with Gasteiger partial charge in [-0.15, -0.1) is 0 Å². The fourth-order valence-corrected chi connectivity index (χ4v) is 2.10. The first-order chi connectivity index (χ1) is 9.69. The van der Waals surface area contributed by atoms with Gasteiger partial charge < -0.3 is 11.1 Å². The zero-order chi connectivity index (χ0) is 14.4. The lowest BCUT2D eigenvalue weighted by Gasteiger charge is -2.11. The molecule has 1 aromatic heterocycles. The highest BCUT2D eigenvalue weighted by Crippen LogP contribution is 2.20.